The third-order valence-electron chi connectivity index (χ3n) is 6.00. The number of carbonyl (C=O) groups excluding carboxylic acids is 2. The number of halogens is 1. The Kier molecular flexibility index (Phi) is 9.29. The number of ether oxygens (including phenoxy) is 2. The van der Waals surface area contributed by atoms with Crippen LogP contribution in [-0.2, 0) is 11.3 Å². The summed E-state index contributed by atoms with van der Waals surface area (Å²) in [6, 6.07) is 19.2. The Hall–Kier alpha value is -4.91. The number of hydrogen-bond donors (Lipinski definition) is 4. The molecule has 10 nitrogen and oxygen atoms in total. The van der Waals surface area contributed by atoms with E-state index in [9.17, 15) is 14.0 Å². The van der Waals surface area contributed by atoms with E-state index in [1.54, 1.807) is 49.7 Å². The van der Waals surface area contributed by atoms with E-state index in [2.05, 4.69) is 31.5 Å². The van der Waals surface area contributed by atoms with E-state index in [0.29, 0.717) is 30.0 Å². The molecule has 4 N–H and O–H groups in total. The number of amides is 3. The molecule has 0 saturated heterocycles. The number of nitrogens with zero attached hydrogens (tertiary/aromatic N) is 2. The molecule has 3 aromatic heterocycles. The number of anilines is 1. The lowest BCUT2D eigenvalue weighted by Crippen LogP contribution is -2.43. The summed E-state index contributed by atoms with van der Waals surface area (Å²) in [4.78, 5) is 34.2. The van der Waals surface area contributed by atoms with Gasteiger partial charge in [0.25, 0.3) is 5.91 Å². The fourth-order valence-corrected chi connectivity index (χ4v) is 4.96. The van der Waals surface area contributed by atoms with Crippen LogP contribution in [0, 0.1) is 5.82 Å². The second kappa shape index (κ2) is 13.6. The molecular weight excluding hydrogens is 559 g/mol. The number of rotatable bonds is 10. The van der Waals surface area contributed by atoms with Crippen LogP contribution in [0.3, 0.4) is 0 Å². The number of thiophene rings is 1. The predicted octanol–water partition coefficient (Wildman–Crippen LogP) is 5.49. The molecule has 0 bridgehead atoms. The molecule has 0 spiro atoms. The van der Waals surface area contributed by atoms with Gasteiger partial charge in [-0.05, 0) is 42.0 Å². The average Bonchev–Trinajstić information content (AvgIpc) is 3.46. The van der Waals surface area contributed by atoms with Crippen molar-refractivity contribution in [2.45, 2.75) is 6.54 Å². The fraction of sp³-hybridized carbons (Fsp3) is 0.133. The molecule has 0 unspecified atom stereocenters. The number of hydrazine groups is 1. The van der Waals surface area contributed by atoms with E-state index in [-0.39, 0.29) is 11.4 Å². The maximum Gasteiger partial charge on any atom is 0.337 e. The molecule has 0 radical (unpaired) electrons. The molecule has 12 heteroatoms. The molecule has 0 aliphatic heterocycles. The van der Waals surface area contributed by atoms with Crippen molar-refractivity contribution >= 4 is 39.2 Å². The lowest BCUT2D eigenvalue weighted by atomic mass is 10.2. The van der Waals surface area contributed by atoms with Gasteiger partial charge >= 0.3 is 6.03 Å². The first-order valence-corrected chi connectivity index (χ1v) is 13.7. The van der Waals surface area contributed by atoms with E-state index < -0.39 is 17.8 Å². The summed E-state index contributed by atoms with van der Waals surface area (Å²) in [5, 5.41) is 5.76. The fourth-order valence-electron chi connectivity index (χ4n) is 3.92. The predicted molar refractivity (Wildman–Crippen MR) is 159 cm³/mol. The maximum atomic E-state index is 15.0. The van der Waals surface area contributed by atoms with Gasteiger partial charge in [0, 0.05) is 56.0 Å². The van der Waals surface area contributed by atoms with E-state index in [1.165, 1.54) is 23.5 Å². The number of nitrogens with one attached hydrogen (secondary N) is 4. The highest BCUT2D eigenvalue weighted by molar-refractivity contribution is 7.22. The first-order valence-electron chi connectivity index (χ1n) is 12.9. The van der Waals surface area contributed by atoms with Crippen LogP contribution in [0.5, 0.6) is 11.5 Å². The second-order valence-corrected chi connectivity index (χ2v) is 10.1. The largest absolute Gasteiger partial charge is 0.453 e. The van der Waals surface area contributed by atoms with Gasteiger partial charge in [-0.3, -0.25) is 20.2 Å². The van der Waals surface area contributed by atoms with E-state index in [4.69, 9.17) is 9.47 Å². The Morgan fingerprint density at radius 3 is 2.57 bits per heavy atom. The molecule has 0 saturated carbocycles. The van der Waals surface area contributed by atoms with Gasteiger partial charge in [0.05, 0.1) is 27.4 Å². The Morgan fingerprint density at radius 1 is 0.952 bits per heavy atom. The minimum atomic E-state index is -0.738. The number of hydrogen-bond acceptors (Lipinski definition) is 8. The molecule has 0 atom stereocenters. The smallest absolute Gasteiger partial charge is 0.337 e. The number of fused-ring (bicyclic) bond motifs is 1. The zero-order chi connectivity index (χ0) is 29.3. The van der Waals surface area contributed by atoms with Crippen LogP contribution in [0.15, 0.2) is 85.2 Å². The molecular formula is C30H27FN6O4S. The zero-order valence-electron chi connectivity index (χ0n) is 22.5. The zero-order valence-corrected chi connectivity index (χ0v) is 23.3. The molecule has 2 aromatic carbocycles. The standard InChI is InChI=1S/C30H27FN6O4S/c1-40-14-13-32-17-19-7-9-23(34-18-19)27-16-24-28(42-27)26(11-12-33-24)41-25-10-8-21(15-22(25)31)35-30(39)37-36-29(38)20-5-3-2-4-6-20/h2-12,15-16,18,32H,13-14,17H2,1H3,(H,36,38)(H2,35,37,39). The van der Waals surface area contributed by atoms with Crippen molar-refractivity contribution < 1.29 is 23.5 Å². The number of aromatic nitrogens is 2. The van der Waals surface area contributed by atoms with Gasteiger partial charge in [0.15, 0.2) is 11.6 Å². The molecule has 3 amide bonds. The highest BCUT2D eigenvalue weighted by Gasteiger charge is 2.15. The molecule has 214 valence electrons. The summed E-state index contributed by atoms with van der Waals surface area (Å²) in [7, 11) is 1.67. The third-order valence-corrected chi connectivity index (χ3v) is 7.16. The Bertz CT molecular complexity index is 1680. The molecule has 0 aliphatic rings. The van der Waals surface area contributed by atoms with Crippen LogP contribution in [-0.4, -0.2) is 42.2 Å². The van der Waals surface area contributed by atoms with Gasteiger partial charge in [-0.1, -0.05) is 24.3 Å². The maximum absolute atomic E-state index is 15.0. The molecule has 5 aromatic rings. The summed E-state index contributed by atoms with van der Waals surface area (Å²) in [5.41, 5.74) is 7.63. The Labute approximate surface area is 244 Å². The summed E-state index contributed by atoms with van der Waals surface area (Å²) in [5.74, 6) is -0.750. The number of benzene rings is 2. The number of urea groups is 1. The van der Waals surface area contributed by atoms with Crippen LogP contribution in [0.2, 0.25) is 0 Å². The quantitative estimate of drug-likeness (QED) is 0.126. The lowest BCUT2D eigenvalue weighted by molar-refractivity contribution is 0.0938. The highest BCUT2D eigenvalue weighted by atomic mass is 32.1. The van der Waals surface area contributed by atoms with Crippen LogP contribution in [0.1, 0.15) is 15.9 Å². The van der Waals surface area contributed by atoms with Crippen LogP contribution >= 0.6 is 11.3 Å². The topological polar surface area (TPSA) is 126 Å². The minimum Gasteiger partial charge on any atom is -0.453 e. The average molecular weight is 587 g/mol. The van der Waals surface area contributed by atoms with Crippen molar-refractivity contribution in [3.63, 3.8) is 0 Å². The van der Waals surface area contributed by atoms with E-state index in [0.717, 1.165) is 33.4 Å². The Morgan fingerprint density at radius 2 is 1.81 bits per heavy atom. The van der Waals surface area contributed by atoms with Crippen molar-refractivity contribution in [3.05, 3.63) is 102 Å². The molecule has 3 heterocycles. The number of pyridine rings is 2. The van der Waals surface area contributed by atoms with Gasteiger partial charge in [-0.25, -0.2) is 14.6 Å². The summed E-state index contributed by atoms with van der Waals surface area (Å²) in [6.45, 7) is 2.09. The van der Waals surface area contributed by atoms with Gasteiger partial charge in [-0.15, -0.1) is 11.3 Å². The summed E-state index contributed by atoms with van der Waals surface area (Å²) < 4.78 is 26.7. The second-order valence-electron chi connectivity index (χ2n) is 9.00. The van der Waals surface area contributed by atoms with Gasteiger partial charge in [0.1, 0.15) is 5.75 Å². The van der Waals surface area contributed by atoms with Crippen molar-refractivity contribution in [2.24, 2.45) is 0 Å². The molecule has 0 aliphatic carbocycles. The van der Waals surface area contributed by atoms with Gasteiger partial charge in [-0.2, -0.15) is 0 Å². The number of carbonyl (C=O) groups is 2. The molecule has 0 fully saturated rings. The minimum absolute atomic E-state index is 0.0239. The number of methoxy groups -OCH3 is 1. The van der Waals surface area contributed by atoms with Crippen LogP contribution in [0.25, 0.3) is 20.8 Å². The monoisotopic (exact) mass is 586 g/mol. The Balaban J connectivity index is 1.22. The van der Waals surface area contributed by atoms with Crippen LogP contribution in [0.4, 0.5) is 14.9 Å². The van der Waals surface area contributed by atoms with E-state index in [1.807, 2.05) is 24.4 Å². The highest BCUT2D eigenvalue weighted by Crippen LogP contribution is 2.39. The summed E-state index contributed by atoms with van der Waals surface area (Å²) in [6.07, 6.45) is 3.42. The van der Waals surface area contributed by atoms with Crippen molar-refractivity contribution in [1.82, 2.24) is 26.1 Å². The normalized spacial score (nSPS) is 10.8. The molecule has 5 rings (SSSR count). The first-order chi connectivity index (χ1) is 20.5. The van der Waals surface area contributed by atoms with Crippen LogP contribution < -0.4 is 26.2 Å². The molecule has 42 heavy (non-hydrogen) atoms. The van der Waals surface area contributed by atoms with Crippen molar-refractivity contribution in [3.8, 4) is 22.1 Å². The van der Waals surface area contributed by atoms with E-state index >= 15 is 0 Å². The third kappa shape index (κ3) is 7.23. The van der Waals surface area contributed by atoms with Gasteiger partial charge < -0.3 is 20.1 Å². The first kappa shape index (κ1) is 28.6. The lowest BCUT2D eigenvalue weighted by Gasteiger charge is -2.11. The summed E-state index contributed by atoms with van der Waals surface area (Å²) >= 11 is 1.45. The van der Waals surface area contributed by atoms with Crippen molar-refractivity contribution in [1.29, 1.82) is 0 Å². The van der Waals surface area contributed by atoms with Gasteiger partial charge in [0.2, 0.25) is 0 Å². The van der Waals surface area contributed by atoms with Crippen molar-refractivity contribution in [2.75, 3.05) is 25.6 Å². The SMILES string of the molecule is COCCNCc1ccc(-c2cc3nccc(Oc4ccc(NC(=O)NNC(=O)c5ccccc5)cc4F)c3s2)nc1.